The molecule has 112 valence electrons. The Bertz CT molecular complexity index is 622. The van der Waals surface area contributed by atoms with E-state index >= 15 is 0 Å². The maximum absolute atomic E-state index is 11.6. The highest BCUT2D eigenvalue weighted by molar-refractivity contribution is 8.13. The van der Waals surface area contributed by atoms with E-state index in [1.807, 2.05) is 13.8 Å². The fourth-order valence-corrected chi connectivity index (χ4v) is 3.09. The molecule has 0 bridgehead atoms. The lowest BCUT2D eigenvalue weighted by molar-refractivity contribution is 0.356. The number of aryl methyl sites for hydroxylation is 1. The van der Waals surface area contributed by atoms with Crippen molar-refractivity contribution in [2.24, 2.45) is 0 Å². The first-order chi connectivity index (χ1) is 9.16. The second-order valence-corrected chi connectivity index (χ2v) is 7.83. The molecule has 0 saturated heterocycles. The van der Waals surface area contributed by atoms with Crippen LogP contribution in [0.1, 0.15) is 30.9 Å². The third-order valence-corrected chi connectivity index (χ3v) is 4.65. The van der Waals surface area contributed by atoms with Crippen LogP contribution in [0.15, 0.2) is 27.6 Å². The largest absolute Gasteiger partial charge is 0.488 e. The molecular weight excluding hydrogens is 343 g/mol. The molecule has 1 aromatic carbocycles. The molecule has 3 nitrogen and oxygen atoms in total. The van der Waals surface area contributed by atoms with Crippen LogP contribution in [-0.4, -0.2) is 15.0 Å². The highest BCUT2D eigenvalue weighted by atomic mass is 35.7. The Labute approximate surface area is 133 Å². The highest BCUT2D eigenvalue weighted by Gasteiger charge is 2.20. The van der Waals surface area contributed by atoms with Gasteiger partial charge in [-0.1, -0.05) is 37.0 Å². The SMILES string of the molecule is Cc1cc(S(=O)(=O)Cl)c(C(C)C)cc1OC/C(Cl)=C/Cl. The van der Waals surface area contributed by atoms with Gasteiger partial charge in [-0.2, -0.15) is 0 Å². The Hall–Kier alpha value is -0.420. The van der Waals surface area contributed by atoms with Crippen molar-refractivity contribution >= 4 is 42.9 Å². The van der Waals surface area contributed by atoms with E-state index in [-0.39, 0.29) is 17.4 Å². The van der Waals surface area contributed by atoms with Crippen molar-refractivity contribution in [3.63, 3.8) is 0 Å². The first-order valence-corrected chi connectivity index (χ1v) is 8.96. The zero-order valence-electron chi connectivity index (χ0n) is 11.3. The van der Waals surface area contributed by atoms with E-state index in [2.05, 4.69) is 0 Å². The van der Waals surface area contributed by atoms with Crippen LogP contribution < -0.4 is 4.74 Å². The normalized spacial score (nSPS) is 12.8. The van der Waals surface area contributed by atoms with E-state index < -0.39 is 9.05 Å². The fourth-order valence-electron chi connectivity index (χ4n) is 1.67. The summed E-state index contributed by atoms with van der Waals surface area (Å²) in [5.74, 6) is 0.537. The third-order valence-electron chi connectivity index (χ3n) is 2.68. The molecule has 0 fully saturated rings. The lowest BCUT2D eigenvalue weighted by Gasteiger charge is -2.15. The van der Waals surface area contributed by atoms with Crippen LogP contribution in [0.4, 0.5) is 0 Å². The summed E-state index contributed by atoms with van der Waals surface area (Å²) in [6.45, 7) is 5.62. The minimum Gasteiger partial charge on any atom is -0.488 e. The van der Waals surface area contributed by atoms with Gasteiger partial charge in [-0.25, -0.2) is 8.42 Å². The number of rotatable bonds is 5. The molecular formula is C13H15Cl3O3S. The third kappa shape index (κ3) is 4.55. The van der Waals surface area contributed by atoms with Gasteiger partial charge >= 0.3 is 0 Å². The van der Waals surface area contributed by atoms with Gasteiger partial charge in [0.2, 0.25) is 0 Å². The number of hydrogen-bond donors (Lipinski definition) is 0. The molecule has 20 heavy (non-hydrogen) atoms. The van der Waals surface area contributed by atoms with Crippen molar-refractivity contribution in [1.29, 1.82) is 0 Å². The number of ether oxygens (including phenoxy) is 1. The monoisotopic (exact) mass is 356 g/mol. The van der Waals surface area contributed by atoms with Crippen molar-refractivity contribution in [1.82, 2.24) is 0 Å². The van der Waals surface area contributed by atoms with Crippen LogP contribution in [0.2, 0.25) is 0 Å². The molecule has 0 aliphatic heterocycles. The lowest BCUT2D eigenvalue weighted by Crippen LogP contribution is -2.05. The second-order valence-electron chi connectivity index (χ2n) is 4.59. The smallest absolute Gasteiger partial charge is 0.261 e. The molecule has 0 radical (unpaired) electrons. The van der Waals surface area contributed by atoms with Gasteiger partial charge in [0.05, 0.1) is 9.93 Å². The Morgan fingerprint density at radius 1 is 1.40 bits per heavy atom. The van der Waals surface area contributed by atoms with Gasteiger partial charge in [-0.05, 0) is 36.1 Å². The van der Waals surface area contributed by atoms with E-state index in [1.165, 1.54) is 11.6 Å². The van der Waals surface area contributed by atoms with Crippen molar-refractivity contribution < 1.29 is 13.2 Å². The Morgan fingerprint density at radius 2 is 2.00 bits per heavy atom. The molecule has 0 amide bonds. The van der Waals surface area contributed by atoms with E-state index in [0.717, 1.165) is 0 Å². The summed E-state index contributed by atoms with van der Waals surface area (Å²) in [4.78, 5) is 0.109. The minimum absolute atomic E-state index is 0.0134. The highest BCUT2D eigenvalue weighted by Crippen LogP contribution is 2.33. The van der Waals surface area contributed by atoms with Crippen LogP contribution in [-0.2, 0) is 9.05 Å². The lowest BCUT2D eigenvalue weighted by atomic mass is 10.0. The van der Waals surface area contributed by atoms with Crippen LogP contribution >= 0.6 is 33.9 Å². The molecule has 0 saturated carbocycles. The summed E-state index contributed by atoms with van der Waals surface area (Å²) in [6.07, 6.45) is 0. The Kier molecular flexibility index (Phi) is 6.20. The summed E-state index contributed by atoms with van der Waals surface area (Å²) < 4.78 is 28.7. The van der Waals surface area contributed by atoms with Crippen molar-refractivity contribution in [3.8, 4) is 5.75 Å². The van der Waals surface area contributed by atoms with E-state index in [4.69, 9.17) is 38.6 Å². The summed E-state index contributed by atoms with van der Waals surface area (Å²) >= 11 is 11.2. The van der Waals surface area contributed by atoms with E-state index in [1.54, 1.807) is 13.0 Å². The van der Waals surface area contributed by atoms with Gasteiger partial charge in [-0.15, -0.1) is 0 Å². The molecule has 1 rings (SSSR count). The summed E-state index contributed by atoms with van der Waals surface area (Å²) in [5, 5.41) is 0.353. The molecule has 0 aromatic heterocycles. The molecule has 1 aromatic rings. The molecule has 0 N–H and O–H groups in total. The molecule has 0 aliphatic carbocycles. The maximum atomic E-state index is 11.6. The second kappa shape index (κ2) is 7.03. The zero-order chi connectivity index (χ0) is 15.5. The van der Waals surface area contributed by atoms with Gasteiger partial charge in [0.1, 0.15) is 12.4 Å². The zero-order valence-corrected chi connectivity index (χ0v) is 14.4. The number of halogens is 3. The molecule has 7 heteroatoms. The predicted molar refractivity (Wildman–Crippen MR) is 83.6 cm³/mol. The average molecular weight is 358 g/mol. The van der Waals surface area contributed by atoms with Crippen molar-refractivity contribution in [2.45, 2.75) is 31.6 Å². The topological polar surface area (TPSA) is 43.4 Å². The Balaban J connectivity index is 3.27. The van der Waals surface area contributed by atoms with E-state index in [9.17, 15) is 8.42 Å². The maximum Gasteiger partial charge on any atom is 0.261 e. The van der Waals surface area contributed by atoms with Crippen LogP contribution in [0, 0.1) is 6.92 Å². The Morgan fingerprint density at radius 3 is 2.45 bits per heavy atom. The standard InChI is InChI=1S/C13H15Cl3O3S/c1-8(2)11-5-12(19-7-10(15)6-14)9(3)4-13(11)20(16,17)18/h4-6,8H,7H2,1-3H3/b10-6-. The number of hydrogen-bond acceptors (Lipinski definition) is 3. The predicted octanol–water partition coefficient (Wildman–Crippen LogP) is 4.74. The van der Waals surface area contributed by atoms with Gasteiger partial charge < -0.3 is 4.74 Å². The minimum atomic E-state index is -3.80. The van der Waals surface area contributed by atoms with Gasteiger partial charge in [0.15, 0.2) is 0 Å². The molecule has 0 heterocycles. The number of benzene rings is 1. The van der Waals surface area contributed by atoms with E-state index in [0.29, 0.717) is 21.9 Å². The molecule has 0 spiro atoms. The van der Waals surface area contributed by atoms with Crippen LogP contribution in [0.3, 0.4) is 0 Å². The fraction of sp³-hybridized carbons (Fsp3) is 0.385. The van der Waals surface area contributed by atoms with Crippen LogP contribution in [0.5, 0.6) is 5.75 Å². The molecule has 0 aliphatic rings. The average Bonchev–Trinajstić information content (AvgIpc) is 2.35. The quantitative estimate of drug-likeness (QED) is 0.715. The van der Waals surface area contributed by atoms with Gasteiger partial charge in [0, 0.05) is 16.2 Å². The van der Waals surface area contributed by atoms with Crippen molar-refractivity contribution in [3.05, 3.63) is 33.8 Å². The molecule has 0 atom stereocenters. The summed E-state index contributed by atoms with van der Waals surface area (Å²) in [5.41, 5.74) is 2.48. The first-order valence-electron chi connectivity index (χ1n) is 5.83. The molecule has 0 unspecified atom stereocenters. The van der Waals surface area contributed by atoms with Gasteiger partial charge in [-0.3, -0.25) is 0 Å². The summed E-state index contributed by atoms with van der Waals surface area (Å²) in [7, 11) is 1.67. The van der Waals surface area contributed by atoms with Gasteiger partial charge in [0.25, 0.3) is 9.05 Å². The van der Waals surface area contributed by atoms with Crippen LogP contribution in [0.25, 0.3) is 0 Å². The first kappa shape index (κ1) is 17.6. The van der Waals surface area contributed by atoms with Crippen molar-refractivity contribution in [2.75, 3.05) is 6.61 Å². The summed E-state index contributed by atoms with van der Waals surface area (Å²) in [6, 6.07) is 3.18.